The molecule has 1 heterocycles. The van der Waals surface area contributed by atoms with E-state index in [2.05, 4.69) is 24.0 Å². The van der Waals surface area contributed by atoms with E-state index in [-0.39, 0.29) is 6.17 Å². The fourth-order valence-corrected chi connectivity index (χ4v) is 3.17. The van der Waals surface area contributed by atoms with Gasteiger partial charge in [-0.1, -0.05) is 6.07 Å². The Hall–Kier alpha value is -1.39. The summed E-state index contributed by atoms with van der Waals surface area (Å²) in [6.07, 6.45) is 3.14. The number of likely N-dealkylation sites (tertiary alicyclic amines) is 1. The van der Waals surface area contributed by atoms with E-state index in [9.17, 15) is 4.79 Å². The third kappa shape index (κ3) is 3.19. The van der Waals surface area contributed by atoms with Crippen molar-refractivity contribution in [2.24, 2.45) is 0 Å². The van der Waals surface area contributed by atoms with Crippen LogP contribution < -0.4 is 5.73 Å². The second kappa shape index (κ2) is 6.37. The molecule has 1 aliphatic rings. The first-order chi connectivity index (χ1) is 9.52. The number of hydrogen-bond donors (Lipinski definition) is 1. The maximum atomic E-state index is 11.2. The summed E-state index contributed by atoms with van der Waals surface area (Å²) >= 11 is 0. The molecule has 0 spiro atoms. The maximum Gasteiger partial charge on any atom is 0.151 e. The predicted octanol–water partition coefficient (Wildman–Crippen LogP) is 1.84. The zero-order chi connectivity index (χ0) is 14.7. The molecule has 1 atom stereocenters. The number of nitrogens with two attached hydrogens (primary N) is 1. The van der Waals surface area contributed by atoms with E-state index < -0.39 is 0 Å². The van der Waals surface area contributed by atoms with Crippen molar-refractivity contribution in [2.45, 2.75) is 31.8 Å². The Morgan fingerprint density at radius 3 is 2.50 bits per heavy atom. The molecular formula is C16H25N3O. The topological polar surface area (TPSA) is 49.6 Å². The Morgan fingerprint density at radius 1 is 1.35 bits per heavy atom. The summed E-state index contributed by atoms with van der Waals surface area (Å²) in [5.41, 5.74) is 9.34. The Morgan fingerprint density at radius 2 is 2.00 bits per heavy atom. The molecule has 4 nitrogen and oxygen atoms in total. The number of carbonyl (C=O) groups excluding carboxylic acids is 1. The molecule has 0 amide bonds. The number of nitrogen functional groups attached to an aromatic ring is 1. The fourth-order valence-electron chi connectivity index (χ4n) is 3.17. The van der Waals surface area contributed by atoms with Crippen LogP contribution in [0.25, 0.3) is 0 Å². The predicted molar refractivity (Wildman–Crippen MR) is 82.7 cm³/mol. The van der Waals surface area contributed by atoms with Crippen LogP contribution in [-0.4, -0.2) is 49.4 Å². The molecule has 20 heavy (non-hydrogen) atoms. The molecule has 2 N–H and O–H groups in total. The Balaban J connectivity index is 2.02. The zero-order valence-corrected chi connectivity index (χ0v) is 12.7. The number of anilines is 1. The van der Waals surface area contributed by atoms with Crippen LogP contribution >= 0.6 is 0 Å². The number of nitrogens with zero attached hydrogens (tertiary/aromatic N) is 2. The summed E-state index contributed by atoms with van der Waals surface area (Å²) in [6.45, 7) is 4.07. The van der Waals surface area contributed by atoms with Crippen molar-refractivity contribution in [2.75, 3.05) is 32.9 Å². The molecule has 0 bridgehead atoms. The standard InChI is InChI=1S/C16H25N3O/c1-12-10-14(17)4-5-15(12)13-6-8-19(9-7-13)16(11-20)18(2)3/h4-5,10-11,13,16H,6-9,17H2,1-3H3. The van der Waals surface area contributed by atoms with E-state index in [1.54, 1.807) is 0 Å². The number of hydrogen-bond acceptors (Lipinski definition) is 4. The summed E-state index contributed by atoms with van der Waals surface area (Å²) in [5, 5.41) is 0. The number of piperidine rings is 1. The molecule has 4 heteroatoms. The third-order valence-corrected chi connectivity index (χ3v) is 4.29. The highest BCUT2D eigenvalue weighted by atomic mass is 16.1. The van der Waals surface area contributed by atoms with Gasteiger partial charge >= 0.3 is 0 Å². The van der Waals surface area contributed by atoms with Gasteiger partial charge in [-0.15, -0.1) is 0 Å². The molecule has 2 rings (SSSR count). The summed E-state index contributed by atoms with van der Waals surface area (Å²) in [6, 6.07) is 6.20. The van der Waals surface area contributed by atoms with Gasteiger partial charge in [0.2, 0.25) is 0 Å². The highest BCUT2D eigenvalue weighted by molar-refractivity contribution is 5.56. The van der Waals surface area contributed by atoms with Crippen molar-refractivity contribution >= 4 is 12.0 Å². The van der Waals surface area contributed by atoms with E-state index >= 15 is 0 Å². The second-order valence-corrected chi connectivity index (χ2v) is 5.94. The molecule has 1 unspecified atom stereocenters. The quantitative estimate of drug-likeness (QED) is 0.673. The highest BCUT2D eigenvalue weighted by Gasteiger charge is 2.27. The lowest BCUT2D eigenvalue weighted by molar-refractivity contribution is -0.118. The minimum Gasteiger partial charge on any atom is -0.399 e. The minimum atomic E-state index is -0.0940. The van der Waals surface area contributed by atoms with Gasteiger partial charge in [-0.05, 0) is 63.0 Å². The van der Waals surface area contributed by atoms with Crippen LogP contribution in [-0.2, 0) is 4.79 Å². The molecular weight excluding hydrogens is 250 g/mol. The van der Waals surface area contributed by atoms with E-state index in [0.717, 1.165) is 37.9 Å². The lowest BCUT2D eigenvalue weighted by Gasteiger charge is -2.38. The van der Waals surface area contributed by atoms with Crippen LogP contribution in [0.1, 0.15) is 29.9 Å². The van der Waals surface area contributed by atoms with Crippen LogP contribution in [0, 0.1) is 6.92 Å². The maximum absolute atomic E-state index is 11.2. The Bertz CT molecular complexity index is 465. The van der Waals surface area contributed by atoms with Crippen molar-refractivity contribution in [3.8, 4) is 0 Å². The first kappa shape index (κ1) is 15.0. The first-order valence-electron chi connectivity index (χ1n) is 7.24. The lowest BCUT2D eigenvalue weighted by Crippen LogP contribution is -2.49. The molecule has 1 fully saturated rings. The monoisotopic (exact) mass is 275 g/mol. The normalized spacial score (nSPS) is 19.2. The molecule has 110 valence electrons. The van der Waals surface area contributed by atoms with E-state index in [1.165, 1.54) is 11.1 Å². The number of likely N-dealkylation sites (N-methyl/N-ethyl adjacent to an activating group) is 1. The van der Waals surface area contributed by atoms with Crippen molar-refractivity contribution in [1.29, 1.82) is 0 Å². The number of carbonyl (C=O) groups is 1. The fraction of sp³-hybridized carbons (Fsp3) is 0.562. The summed E-state index contributed by atoms with van der Waals surface area (Å²) in [7, 11) is 3.91. The summed E-state index contributed by atoms with van der Waals surface area (Å²) in [5.74, 6) is 0.585. The van der Waals surface area contributed by atoms with E-state index in [1.807, 2.05) is 25.1 Å². The largest absolute Gasteiger partial charge is 0.399 e. The van der Waals surface area contributed by atoms with Crippen LogP contribution in [0.15, 0.2) is 18.2 Å². The summed E-state index contributed by atoms with van der Waals surface area (Å²) < 4.78 is 0. The Labute approximate surface area is 121 Å². The van der Waals surface area contributed by atoms with E-state index in [0.29, 0.717) is 5.92 Å². The number of benzene rings is 1. The van der Waals surface area contributed by atoms with Crippen molar-refractivity contribution in [3.63, 3.8) is 0 Å². The summed E-state index contributed by atoms with van der Waals surface area (Å²) in [4.78, 5) is 15.4. The molecule has 0 saturated carbocycles. The van der Waals surface area contributed by atoms with Crippen molar-refractivity contribution in [3.05, 3.63) is 29.3 Å². The van der Waals surface area contributed by atoms with Crippen LogP contribution in [0.4, 0.5) is 5.69 Å². The lowest BCUT2D eigenvalue weighted by atomic mass is 9.86. The average molecular weight is 275 g/mol. The highest BCUT2D eigenvalue weighted by Crippen LogP contribution is 2.31. The molecule has 1 aromatic carbocycles. The number of rotatable bonds is 4. The van der Waals surface area contributed by atoms with Gasteiger partial charge in [0.05, 0.1) is 0 Å². The minimum absolute atomic E-state index is 0.0940. The van der Waals surface area contributed by atoms with Gasteiger partial charge in [0.15, 0.2) is 6.29 Å². The third-order valence-electron chi connectivity index (χ3n) is 4.29. The molecule has 1 saturated heterocycles. The average Bonchev–Trinajstić information content (AvgIpc) is 2.40. The number of aryl methyl sites for hydroxylation is 1. The van der Waals surface area contributed by atoms with Gasteiger partial charge in [-0.3, -0.25) is 9.80 Å². The van der Waals surface area contributed by atoms with Crippen LogP contribution in [0.2, 0.25) is 0 Å². The van der Waals surface area contributed by atoms with Gasteiger partial charge in [0.1, 0.15) is 6.17 Å². The van der Waals surface area contributed by atoms with Crippen LogP contribution in [0.3, 0.4) is 0 Å². The van der Waals surface area contributed by atoms with Gasteiger partial charge < -0.3 is 10.5 Å². The van der Waals surface area contributed by atoms with Gasteiger partial charge in [-0.2, -0.15) is 0 Å². The SMILES string of the molecule is Cc1cc(N)ccc1C1CCN(C(C=O)N(C)C)CC1. The smallest absolute Gasteiger partial charge is 0.151 e. The zero-order valence-electron chi connectivity index (χ0n) is 12.7. The van der Waals surface area contributed by atoms with Crippen LogP contribution in [0.5, 0.6) is 0 Å². The molecule has 1 aliphatic heterocycles. The van der Waals surface area contributed by atoms with Gasteiger partial charge in [0, 0.05) is 18.8 Å². The van der Waals surface area contributed by atoms with Gasteiger partial charge in [-0.25, -0.2) is 0 Å². The Kier molecular flexibility index (Phi) is 4.78. The molecule has 0 radical (unpaired) electrons. The van der Waals surface area contributed by atoms with Crippen molar-refractivity contribution < 1.29 is 4.79 Å². The molecule has 1 aromatic rings. The van der Waals surface area contributed by atoms with Crippen molar-refractivity contribution in [1.82, 2.24) is 9.80 Å². The number of aldehydes is 1. The first-order valence-corrected chi connectivity index (χ1v) is 7.24. The van der Waals surface area contributed by atoms with Gasteiger partial charge in [0.25, 0.3) is 0 Å². The van der Waals surface area contributed by atoms with E-state index in [4.69, 9.17) is 5.73 Å². The second-order valence-electron chi connectivity index (χ2n) is 5.94. The molecule has 0 aliphatic carbocycles. The molecule has 0 aromatic heterocycles.